The molecule has 0 unspecified atom stereocenters. The molecule has 0 aromatic heterocycles. The van der Waals surface area contributed by atoms with Gasteiger partial charge in [-0.2, -0.15) is 0 Å². The minimum absolute atomic E-state index is 0.713. The van der Waals surface area contributed by atoms with Crippen LogP contribution in [0.1, 0.15) is 34.1 Å². The summed E-state index contributed by atoms with van der Waals surface area (Å²) in [5, 5.41) is 3.51. The SMILES string of the molecule is CC(C)CNCCCN1CCN(C(C)C)CC1. The molecule has 1 rings (SSSR count). The van der Waals surface area contributed by atoms with Gasteiger partial charge in [-0.3, -0.25) is 4.90 Å². The summed E-state index contributed by atoms with van der Waals surface area (Å²) in [6.07, 6.45) is 1.29. The van der Waals surface area contributed by atoms with Gasteiger partial charge >= 0.3 is 0 Å². The topological polar surface area (TPSA) is 18.5 Å². The van der Waals surface area contributed by atoms with Gasteiger partial charge in [0.05, 0.1) is 0 Å². The van der Waals surface area contributed by atoms with E-state index in [-0.39, 0.29) is 0 Å². The summed E-state index contributed by atoms with van der Waals surface area (Å²) in [7, 11) is 0. The molecule has 0 bridgehead atoms. The van der Waals surface area contributed by atoms with Crippen LogP contribution in [-0.2, 0) is 0 Å². The van der Waals surface area contributed by atoms with Gasteiger partial charge in [-0.25, -0.2) is 0 Å². The zero-order chi connectivity index (χ0) is 12.7. The van der Waals surface area contributed by atoms with Crippen LogP contribution in [0, 0.1) is 5.92 Å². The number of nitrogens with one attached hydrogen (secondary N) is 1. The van der Waals surface area contributed by atoms with Gasteiger partial charge in [-0.05, 0) is 45.8 Å². The second-order valence-electron chi connectivity index (χ2n) is 5.92. The highest BCUT2D eigenvalue weighted by atomic mass is 15.3. The van der Waals surface area contributed by atoms with Crippen molar-refractivity contribution in [1.82, 2.24) is 15.1 Å². The molecule has 0 aromatic rings. The summed E-state index contributed by atoms with van der Waals surface area (Å²) in [5.41, 5.74) is 0. The van der Waals surface area contributed by atoms with Crippen LogP contribution in [0.4, 0.5) is 0 Å². The van der Waals surface area contributed by atoms with Gasteiger partial charge in [-0.1, -0.05) is 13.8 Å². The Morgan fingerprint density at radius 1 is 1.00 bits per heavy atom. The lowest BCUT2D eigenvalue weighted by atomic mass is 10.2. The highest BCUT2D eigenvalue weighted by molar-refractivity contribution is 4.74. The fraction of sp³-hybridized carbons (Fsp3) is 1.00. The van der Waals surface area contributed by atoms with Crippen molar-refractivity contribution in [2.45, 2.75) is 40.2 Å². The zero-order valence-electron chi connectivity index (χ0n) is 12.2. The standard InChI is InChI=1S/C14H31N3/c1-13(2)12-15-6-5-7-16-8-10-17(11-9-16)14(3)4/h13-15H,5-12H2,1-4H3. The molecule has 0 amide bonds. The quantitative estimate of drug-likeness (QED) is 0.684. The number of hydrogen-bond donors (Lipinski definition) is 1. The van der Waals surface area contributed by atoms with Crippen molar-refractivity contribution in [1.29, 1.82) is 0 Å². The Morgan fingerprint density at radius 2 is 1.65 bits per heavy atom. The van der Waals surface area contributed by atoms with Gasteiger partial charge < -0.3 is 10.2 Å². The van der Waals surface area contributed by atoms with Crippen molar-refractivity contribution >= 4 is 0 Å². The summed E-state index contributed by atoms with van der Waals surface area (Å²) < 4.78 is 0. The van der Waals surface area contributed by atoms with E-state index in [0.717, 1.165) is 12.5 Å². The van der Waals surface area contributed by atoms with E-state index in [0.29, 0.717) is 6.04 Å². The van der Waals surface area contributed by atoms with Gasteiger partial charge in [0.1, 0.15) is 0 Å². The van der Waals surface area contributed by atoms with Crippen LogP contribution in [0.15, 0.2) is 0 Å². The predicted octanol–water partition coefficient (Wildman–Crippen LogP) is 1.65. The lowest BCUT2D eigenvalue weighted by Gasteiger charge is -2.36. The molecule has 1 aliphatic heterocycles. The largest absolute Gasteiger partial charge is 0.316 e. The van der Waals surface area contributed by atoms with Crippen molar-refractivity contribution in [2.75, 3.05) is 45.8 Å². The van der Waals surface area contributed by atoms with Gasteiger partial charge in [0, 0.05) is 32.2 Å². The van der Waals surface area contributed by atoms with Crippen LogP contribution < -0.4 is 5.32 Å². The maximum atomic E-state index is 3.51. The maximum absolute atomic E-state index is 3.51. The molecule has 1 fully saturated rings. The van der Waals surface area contributed by atoms with E-state index >= 15 is 0 Å². The fourth-order valence-electron chi connectivity index (χ4n) is 2.32. The minimum atomic E-state index is 0.713. The second-order valence-corrected chi connectivity index (χ2v) is 5.92. The monoisotopic (exact) mass is 241 g/mol. The number of nitrogens with zero attached hydrogens (tertiary/aromatic N) is 2. The molecule has 3 heteroatoms. The average Bonchev–Trinajstić information content (AvgIpc) is 2.29. The molecule has 102 valence electrons. The third kappa shape index (κ3) is 6.39. The van der Waals surface area contributed by atoms with Crippen LogP contribution in [0.5, 0.6) is 0 Å². The number of hydrogen-bond acceptors (Lipinski definition) is 3. The van der Waals surface area contributed by atoms with E-state index in [9.17, 15) is 0 Å². The van der Waals surface area contributed by atoms with Crippen LogP contribution in [0.3, 0.4) is 0 Å². The highest BCUT2D eigenvalue weighted by Crippen LogP contribution is 2.05. The lowest BCUT2D eigenvalue weighted by Crippen LogP contribution is -2.49. The van der Waals surface area contributed by atoms with Crippen molar-refractivity contribution in [3.63, 3.8) is 0 Å². The van der Waals surface area contributed by atoms with Gasteiger partial charge in [0.25, 0.3) is 0 Å². The maximum Gasteiger partial charge on any atom is 0.0113 e. The van der Waals surface area contributed by atoms with Crippen LogP contribution in [0.25, 0.3) is 0 Å². The number of rotatable bonds is 7. The van der Waals surface area contributed by atoms with E-state index in [1.54, 1.807) is 0 Å². The molecule has 1 aliphatic rings. The number of piperazine rings is 1. The first-order chi connectivity index (χ1) is 8.09. The molecule has 3 nitrogen and oxygen atoms in total. The molecule has 1 heterocycles. The van der Waals surface area contributed by atoms with Gasteiger partial charge in [0.2, 0.25) is 0 Å². The molecular formula is C14H31N3. The lowest BCUT2D eigenvalue weighted by molar-refractivity contribution is 0.108. The molecular weight excluding hydrogens is 210 g/mol. The summed E-state index contributed by atoms with van der Waals surface area (Å²) in [6.45, 7) is 17.7. The smallest absolute Gasteiger partial charge is 0.0113 e. The summed E-state index contributed by atoms with van der Waals surface area (Å²) in [6, 6.07) is 0.713. The zero-order valence-corrected chi connectivity index (χ0v) is 12.2. The average molecular weight is 241 g/mol. The summed E-state index contributed by atoms with van der Waals surface area (Å²) >= 11 is 0. The fourth-order valence-corrected chi connectivity index (χ4v) is 2.32. The third-order valence-corrected chi connectivity index (χ3v) is 3.52. The molecule has 0 aliphatic carbocycles. The molecule has 0 spiro atoms. The van der Waals surface area contributed by atoms with E-state index in [2.05, 4.69) is 42.8 Å². The van der Waals surface area contributed by atoms with E-state index in [1.165, 1.54) is 45.7 Å². The Morgan fingerprint density at radius 3 is 2.18 bits per heavy atom. The van der Waals surface area contributed by atoms with Crippen molar-refractivity contribution in [2.24, 2.45) is 5.92 Å². The molecule has 0 saturated carbocycles. The van der Waals surface area contributed by atoms with Gasteiger partial charge in [0.15, 0.2) is 0 Å². The normalized spacial score (nSPS) is 19.4. The Kier molecular flexibility index (Phi) is 7.09. The van der Waals surface area contributed by atoms with Crippen LogP contribution >= 0.6 is 0 Å². The first kappa shape index (κ1) is 14.9. The Hall–Kier alpha value is -0.120. The highest BCUT2D eigenvalue weighted by Gasteiger charge is 2.17. The second kappa shape index (κ2) is 8.06. The first-order valence-electron chi connectivity index (χ1n) is 7.26. The molecule has 1 N–H and O–H groups in total. The van der Waals surface area contributed by atoms with E-state index in [4.69, 9.17) is 0 Å². The van der Waals surface area contributed by atoms with Crippen molar-refractivity contribution < 1.29 is 0 Å². The Labute approximate surface area is 108 Å². The van der Waals surface area contributed by atoms with Crippen LogP contribution in [0.2, 0.25) is 0 Å². The van der Waals surface area contributed by atoms with Crippen LogP contribution in [-0.4, -0.2) is 61.7 Å². The molecule has 0 atom stereocenters. The molecule has 1 saturated heterocycles. The molecule has 0 aromatic carbocycles. The predicted molar refractivity (Wildman–Crippen MR) is 75.5 cm³/mol. The first-order valence-corrected chi connectivity index (χ1v) is 7.26. The summed E-state index contributed by atoms with van der Waals surface area (Å²) in [5.74, 6) is 0.768. The van der Waals surface area contributed by atoms with E-state index < -0.39 is 0 Å². The molecule has 0 radical (unpaired) electrons. The van der Waals surface area contributed by atoms with Crippen molar-refractivity contribution in [3.05, 3.63) is 0 Å². The minimum Gasteiger partial charge on any atom is -0.316 e. The summed E-state index contributed by atoms with van der Waals surface area (Å²) in [4.78, 5) is 5.18. The third-order valence-electron chi connectivity index (χ3n) is 3.52. The van der Waals surface area contributed by atoms with Crippen molar-refractivity contribution in [3.8, 4) is 0 Å². The van der Waals surface area contributed by atoms with E-state index in [1.807, 2.05) is 0 Å². The Balaban J connectivity index is 1.99. The molecule has 17 heavy (non-hydrogen) atoms. The van der Waals surface area contributed by atoms with Gasteiger partial charge in [-0.15, -0.1) is 0 Å². The Bertz CT molecular complexity index is 184.